The van der Waals surface area contributed by atoms with E-state index in [2.05, 4.69) is 0 Å². The van der Waals surface area contributed by atoms with Crippen molar-refractivity contribution in [1.82, 2.24) is 0 Å². The Morgan fingerprint density at radius 3 is 3.25 bits per heavy atom. The molecule has 0 bridgehead atoms. The van der Waals surface area contributed by atoms with Crippen molar-refractivity contribution in [1.29, 1.82) is 0 Å². The molecule has 2 N–H and O–H groups in total. The van der Waals surface area contributed by atoms with Crippen LogP contribution in [0.4, 0.5) is 0 Å². The normalized spacial score (nSPS) is 49.5. The lowest BCUT2D eigenvalue weighted by atomic mass is 10.5. The molecule has 26 valence electrons. The largest absolute Gasteiger partial charge is 0.328 e. The lowest BCUT2D eigenvalue weighted by Crippen LogP contribution is -2.06. The molecule has 0 aromatic carbocycles. The maximum Gasteiger partial charge on any atom is 0.0457 e. The molecule has 0 rings (SSSR count). The predicted molar refractivity (Wildman–Crippen MR) is 19.3 cm³/mol. The van der Waals surface area contributed by atoms with Crippen molar-refractivity contribution in [2.45, 2.75) is 19.7 Å². The lowest BCUT2D eigenvalue weighted by molar-refractivity contribution is 0.834. The van der Waals surface area contributed by atoms with Gasteiger partial charge in [-0.3, -0.25) is 0 Å². The molecule has 0 fully saturated rings. The van der Waals surface area contributed by atoms with Gasteiger partial charge in [0.05, 0.1) is 0 Å². The summed E-state index contributed by atoms with van der Waals surface area (Å²) >= 11 is 0. The molecule has 0 saturated carbocycles. The molecule has 1 atom stereocenters. The minimum absolute atomic E-state index is 1.86. The summed E-state index contributed by atoms with van der Waals surface area (Å²) in [4.78, 5) is 0. The quantitative estimate of drug-likeness (QED) is 0.433. The molecule has 1 heteroatoms. The first-order chi connectivity index (χ1) is 4.19. The van der Waals surface area contributed by atoms with Gasteiger partial charge in [0, 0.05) is 8.22 Å². The highest BCUT2D eigenvalue weighted by molar-refractivity contribution is 4.32. The average Bonchev–Trinajstić information content (AvgIpc) is 1.62. The van der Waals surface area contributed by atoms with E-state index in [-0.39, 0.29) is 0 Å². The van der Waals surface area contributed by atoms with Crippen LogP contribution in [0.1, 0.15) is 22.0 Å². The van der Waals surface area contributed by atoms with Crippen molar-refractivity contribution in [3.63, 3.8) is 0 Å². The maximum atomic E-state index is 6.87. The Labute approximate surface area is 35.2 Å². The van der Waals surface area contributed by atoms with Gasteiger partial charge in [0.15, 0.2) is 0 Å². The van der Waals surface area contributed by atoms with E-state index >= 15 is 0 Å². The van der Waals surface area contributed by atoms with Crippen LogP contribution in [0.15, 0.2) is 0 Å². The highest BCUT2D eigenvalue weighted by Gasteiger charge is 1.67. The van der Waals surface area contributed by atoms with E-state index < -0.39 is 19.7 Å². The Kier molecular flexibility index (Phi) is 0.140. The van der Waals surface area contributed by atoms with Crippen LogP contribution < -0.4 is 5.73 Å². The van der Waals surface area contributed by atoms with Crippen LogP contribution in [0.25, 0.3) is 0 Å². The van der Waals surface area contributed by atoms with Gasteiger partial charge in [-0.25, -0.2) is 0 Å². The van der Waals surface area contributed by atoms with Crippen molar-refractivity contribution in [2.24, 2.45) is 5.73 Å². The summed E-state index contributed by atoms with van der Waals surface area (Å²) in [7, 11) is 0. The van der Waals surface area contributed by atoms with Crippen molar-refractivity contribution >= 4 is 0 Å². The summed E-state index contributed by atoms with van der Waals surface area (Å²) in [6.45, 7) is -4.62. The van der Waals surface area contributed by atoms with Gasteiger partial charge in [-0.1, -0.05) is 13.7 Å². The summed E-state index contributed by atoms with van der Waals surface area (Å²) in [6.07, 6.45) is 0. The third kappa shape index (κ3) is 1130. The summed E-state index contributed by atoms with van der Waals surface area (Å²) in [5, 5.41) is 0. The van der Waals surface area contributed by atoms with E-state index in [9.17, 15) is 0 Å². The van der Waals surface area contributed by atoms with Crippen LogP contribution in [0, 0.1) is 0 Å². The van der Waals surface area contributed by atoms with E-state index in [0.717, 1.165) is 0 Å². The molecule has 1 unspecified atom stereocenters. The fraction of sp³-hybridized carbons (Fsp3) is 1.00. The minimum Gasteiger partial charge on any atom is -0.328 e. The maximum absolute atomic E-state index is 6.87. The highest BCUT2D eigenvalue weighted by atomic mass is 14.6. The molecule has 0 aromatic rings. The Balaban J connectivity index is 4.40. The van der Waals surface area contributed by atoms with Gasteiger partial charge in [0.1, 0.15) is 0 Å². The van der Waals surface area contributed by atoms with E-state index in [1.54, 1.807) is 0 Å². The Morgan fingerprint density at radius 1 is 2.50 bits per heavy atom. The molecular weight excluding hydrogens is 50.0 g/mol. The fourth-order valence-electron chi connectivity index (χ4n) is 0. The molecule has 0 aliphatic rings. The van der Waals surface area contributed by atoms with Crippen LogP contribution in [0.3, 0.4) is 0 Å². The number of rotatable bonds is 0. The van der Waals surface area contributed by atoms with Crippen LogP contribution in [-0.4, -0.2) is 6.02 Å². The monoisotopic (exact) mass is 65.1 g/mol. The molecular formula is C3H9N. The van der Waals surface area contributed by atoms with Gasteiger partial charge in [-0.15, -0.1) is 0 Å². The second kappa shape index (κ2) is 1.30. The summed E-state index contributed by atoms with van der Waals surface area (Å²) in [6, 6.07) is -2.48. The first-order valence-corrected chi connectivity index (χ1v) is 0.827. The minimum atomic E-state index is -2.76. The molecule has 0 radical (unpaired) electrons. The van der Waals surface area contributed by atoms with Gasteiger partial charge in [-0.05, 0) is 6.02 Å². The lowest BCUT2D eigenvalue weighted by Gasteiger charge is -1.81. The van der Waals surface area contributed by atoms with Crippen LogP contribution in [-0.2, 0) is 0 Å². The number of hydrogen-bond acceptors (Lipinski definition) is 1. The van der Waals surface area contributed by atoms with Crippen molar-refractivity contribution < 1.29 is 8.22 Å². The molecule has 0 spiro atoms. The molecule has 1 nitrogen and oxygen atoms in total. The molecule has 0 amide bonds. The van der Waals surface area contributed by atoms with Crippen LogP contribution in [0.2, 0.25) is 0 Å². The van der Waals surface area contributed by atoms with Gasteiger partial charge in [0.25, 0.3) is 0 Å². The number of nitrogens with two attached hydrogens (primary N) is 1. The van der Waals surface area contributed by atoms with Crippen molar-refractivity contribution in [3.8, 4) is 0 Å². The predicted octanol–water partition coefficient (Wildman–Crippen LogP) is 0.354. The number of hydrogen-bond donors (Lipinski definition) is 1. The average molecular weight is 65.1 g/mol. The van der Waals surface area contributed by atoms with Crippen molar-refractivity contribution in [2.75, 3.05) is 0 Å². The third-order valence-corrected chi connectivity index (χ3v) is 0. The topological polar surface area (TPSA) is 26.0 Å². The SMILES string of the molecule is [2H]C([2H])C([2H])(N)C([2H])([2H])[2H]. The van der Waals surface area contributed by atoms with Crippen LogP contribution in [0.5, 0.6) is 0 Å². The van der Waals surface area contributed by atoms with Gasteiger partial charge in [-0.2, -0.15) is 0 Å². The van der Waals surface area contributed by atoms with Gasteiger partial charge >= 0.3 is 0 Å². The first kappa shape index (κ1) is 0.432. The first-order valence-electron chi connectivity index (χ1n) is 3.98. The van der Waals surface area contributed by atoms with Crippen molar-refractivity contribution in [3.05, 3.63) is 0 Å². The zero-order valence-electron chi connectivity index (χ0n) is 8.15. The van der Waals surface area contributed by atoms with E-state index in [4.69, 9.17) is 14.0 Å². The zero-order chi connectivity index (χ0) is 8.58. The van der Waals surface area contributed by atoms with Gasteiger partial charge in [0.2, 0.25) is 0 Å². The molecule has 0 saturated heterocycles. The summed E-state index contributed by atoms with van der Waals surface area (Å²) in [5.74, 6) is 0. The highest BCUT2D eigenvalue weighted by Crippen LogP contribution is 1.58. The smallest absolute Gasteiger partial charge is 0.0457 e. The standard InChI is InChI=1S/C3H9N/c1-3(2)4/h3H,4H2,1-2H3/i1D2,2D3,3D. The molecule has 0 aromatic heterocycles. The Morgan fingerprint density at radius 2 is 3.25 bits per heavy atom. The molecule has 0 aliphatic carbocycles. The van der Waals surface area contributed by atoms with E-state index in [0.29, 0.717) is 0 Å². The van der Waals surface area contributed by atoms with E-state index in [1.165, 1.54) is 0 Å². The zero-order valence-corrected chi connectivity index (χ0v) is 2.15. The molecule has 0 heterocycles. The fourth-order valence-corrected chi connectivity index (χ4v) is 0. The summed E-state index contributed by atoms with van der Waals surface area (Å²) < 4.78 is 40.1. The third-order valence-electron chi connectivity index (χ3n) is 0. The van der Waals surface area contributed by atoms with E-state index in [1.807, 2.05) is 0 Å². The Hall–Kier alpha value is -0.0400. The van der Waals surface area contributed by atoms with Gasteiger partial charge < -0.3 is 5.73 Å². The second-order valence-corrected chi connectivity index (χ2v) is 0.455. The summed E-state index contributed by atoms with van der Waals surface area (Å²) in [5.41, 5.74) is 4.87. The molecule has 0 aliphatic heterocycles. The second-order valence-electron chi connectivity index (χ2n) is 0.455. The molecule has 4 heavy (non-hydrogen) atoms. The Bertz CT molecular complexity index is 115. The van der Waals surface area contributed by atoms with Crippen LogP contribution >= 0.6 is 0 Å².